The topological polar surface area (TPSA) is 9.72 Å². The zero-order chi connectivity index (χ0) is 51.5. The van der Waals surface area contributed by atoms with E-state index in [9.17, 15) is 0 Å². The van der Waals surface area contributed by atoms with E-state index in [4.69, 9.17) is 0 Å². The van der Waals surface area contributed by atoms with Crippen LogP contribution in [0.1, 0.15) is 123 Å². The number of benzene rings is 8. The fourth-order valence-electron chi connectivity index (χ4n) is 10.6. The summed E-state index contributed by atoms with van der Waals surface area (Å²) in [6, 6.07) is 73.0. The van der Waals surface area contributed by atoms with E-state index in [1.54, 1.807) is 0 Å². The molecule has 0 N–H and O–H groups in total. The van der Waals surface area contributed by atoms with Gasteiger partial charge in [0.05, 0.1) is 6.04 Å². The average Bonchev–Trinajstić information content (AvgIpc) is 3.70. The van der Waals surface area contributed by atoms with Crippen molar-refractivity contribution in [1.29, 1.82) is 0 Å². The van der Waals surface area contributed by atoms with Gasteiger partial charge >= 0.3 is 0 Å². The molecule has 2 aliphatic rings. The summed E-state index contributed by atoms with van der Waals surface area (Å²) in [4.78, 5) is 7.37. The molecule has 3 nitrogen and oxygen atoms in total. The van der Waals surface area contributed by atoms with Crippen molar-refractivity contribution in [3.63, 3.8) is 0 Å². The number of anilines is 8. The number of nitrogens with zero attached hydrogens (tertiary/aromatic N) is 3. The number of hydrogen-bond donors (Lipinski definition) is 0. The van der Waals surface area contributed by atoms with E-state index in [1.165, 1.54) is 67.0 Å². The molecule has 368 valence electrons. The molecule has 1 aliphatic carbocycles. The van der Waals surface area contributed by atoms with Gasteiger partial charge in [-0.2, -0.15) is 0 Å². The SMILES string of the molecule is CC(C)(C)c1ccc(N(c2ccc(C(C)(C)C)cc2)c2cccc(C3=CCC4C(=C3)c3cc(-c5cccc(N(c6ccc(C(C)(C)C)cc6)c6ccc(C(C)(C)C)cc6)c5)ccc3N4c3ccccc3)c2)cc1. The second-order valence-electron chi connectivity index (χ2n) is 24.4. The van der Waals surface area contributed by atoms with Crippen molar-refractivity contribution in [1.82, 2.24) is 0 Å². The summed E-state index contributed by atoms with van der Waals surface area (Å²) in [6.07, 6.45) is 5.82. The maximum atomic E-state index is 2.56. The Morgan fingerprint density at radius 2 is 0.767 bits per heavy atom. The Morgan fingerprint density at radius 1 is 0.370 bits per heavy atom. The van der Waals surface area contributed by atoms with E-state index >= 15 is 0 Å². The highest BCUT2D eigenvalue weighted by Crippen LogP contribution is 2.51. The lowest BCUT2D eigenvalue weighted by atomic mass is 9.86. The molecular formula is C70H73N3. The molecule has 8 aromatic rings. The van der Waals surface area contributed by atoms with Crippen LogP contribution in [0.25, 0.3) is 22.3 Å². The first kappa shape index (κ1) is 49.2. The minimum atomic E-state index is 0.0641. The van der Waals surface area contributed by atoms with Crippen LogP contribution in [0.5, 0.6) is 0 Å². The summed E-state index contributed by atoms with van der Waals surface area (Å²) in [5.41, 5.74) is 22.3. The number of fused-ring (bicyclic) bond motifs is 3. The van der Waals surface area contributed by atoms with Crippen molar-refractivity contribution < 1.29 is 0 Å². The molecule has 0 bridgehead atoms. The zero-order valence-corrected chi connectivity index (χ0v) is 45.3. The Kier molecular flexibility index (Phi) is 12.8. The quantitative estimate of drug-likeness (QED) is 0.143. The lowest BCUT2D eigenvalue weighted by Gasteiger charge is -2.30. The minimum Gasteiger partial charge on any atom is -0.333 e. The normalized spacial score (nSPS) is 14.8. The van der Waals surface area contributed by atoms with E-state index in [-0.39, 0.29) is 27.7 Å². The third-order valence-electron chi connectivity index (χ3n) is 15.0. The van der Waals surface area contributed by atoms with Gasteiger partial charge in [-0.15, -0.1) is 0 Å². The van der Waals surface area contributed by atoms with Crippen LogP contribution in [0.15, 0.2) is 206 Å². The number of allylic oxidation sites excluding steroid dienone is 2. The van der Waals surface area contributed by atoms with E-state index in [2.05, 4.69) is 304 Å². The van der Waals surface area contributed by atoms with E-state index in [1.807, 2.05) is 0 Å². The Balaban J connectivity index is 1.04. The molecule has 1 unspecified atom stereocenters. The summed E-state index contributed by atoms with van der Waals surface area (Å²) in [5.74, 6) is 0. The highest BCUT2D eigenvalue weighted by Gasteiger charge is 2.36. The summed E-state index contributed by atoms with van der Waals surface area (Å²) >= 11 is 0. The van der Waals surface area contributed by atoms with Crippen LogP contribution in [-0.4, -0.2) is 6.04 Å². The smallest absolute Gasteiger partial charge is 0.0633 e. The molecule has 73 heavy (non-hydrogen) atoms. The van der Waals surface area contributed by atoms with Gasteiger partial charge in [0.2, 0.25) is 0 Å². The Bertz CT molecular complexity index is 3190. The molecule has 1 heterocycles. The molecule has 0 fully saturated rings. The van der Waals surface area contributed by atoms with Crippen LogP contribution in [-0.2, 0) is 21.7 Å². The van der Waals surface area contributed by atoms with E-state index < -0.39 is 0 Å². The Labute approximate surface area is 437 Å². The van der Waals surface area contributed by atoms with Gasteiger partial charge in [-0.05, 0) is 181 Å². The molecule has 0 saturated carbocycles. The van der Waals surface area contributed by atoms with Crippen molar-refractivity contribution in [2.75, 3.05) is 14.7 Å². The second-order valence-corrected chi connectivity index (χ2v) is 24.4. The fourth-order valence-corrected chi connectivity index (χ4v) is 10.6. The molecule has 0 amide bonds. The number of hydrogen-bond acceptors (Lipinski definition) is 3. The largest absolute Gasteiger partial charge is 0.333 e. The van der Waals surface area contributed by atoms with Crippen LogP contribution in [0, 0.1) is 0 Å². The van der Waals surface area contributed by atoms with Gasteiger partial charge < -0.3 is 14.7 Å². The highest BCUT2D eigenvalue weighted by molar-refractivity contribution is 6.00. The first-order chi connectivity index (χ1) is 34.7. The van der Waals surface area contributed by atoms with Crippen LogP contribution < -0.4 is 14.7 Å². The third kappa shape index (κ3) is 10.1. The minimum absolute atomic E-state index is 0.0641. The summed E-state index contributed by atoms with van der Waals surface area (Å²) in [6.45, 7) is 27.3. The first-order valence-electron chi connectivity index (χ1n) is 26.3. The van der Waals surface area contributed by atoms with Crippen molar-refractivity contribution in [2.45, 2.75) is 117 Å². The van der Waals surface area contributed by atoms with Crippen LogP contribution in [0.2, 0.25) is 0 Å². The summed E-state index contributed by atoms with van der Waals surface area (Å²) in [5, 5.41) is 0. The monoisotopic (exact) mass is 956 g/mol. The van der Waals surface area contributed by atoms with Crippen LogP contribution in [0.4, 0.5) is 45.5 Å². The van der Waals surface area contributed by atoms with E-state index in [0.29, 0.717) is 0 Å². The average molecular weight is 956 g/mol. The molecule has 0 spiro atoms. The standard InChI is InChI=1S/C70H73N3/c1-67(2,3)52-26-34-57(35-27-52)71(58-36-28-53(29-37-58)68(4,5)6)61-22-16-18-48(44-61)50-24-42-65-63(46-50)64-47-51(25-43-66(64)73(65)56-20-14-13-15-21-56)49-19-17-23-62(45-49)72(59-38-30-54(31-39-59)69(7,8)9)60-40-32-55(33-41-60)70(10,11)12/h13-42,44-47,66H,43H2,1-12H3. The van der Waals surface area contributed by atoms with Gasteiger partial charge in [-0.25, -0.2) is 0 Å². The van der Waals surface area contributed by atoms with Gasteiger partial charge in [0, 0.05) is 51.1 Å². The molecule has 1 aliphatic heterocycles. The maximum Gasteiger partial charge on any atom is 0.0633 e. The summed E-state index contributed by atoms with van der Waals surface area (Å²) in [7, 11) is 0. The third-order valence-corrected chi connectivity index (χ3v) is 15.0. The van der Waals surface area contributed by atoms with Crippen molar-refractivity contribution in [3.8, 4) is 11.1 Å². The molecule has 0 aromatic heterocycles. The first-order valence-corrected chi connectivity index (χ1v) is 26.3. The Hall–Kier alpha value is -7.36. The van der Waals surface area contributed by atoms with Crippen LogP contribution >= 0.6 is 0 Å². The van der Waals surface area contributed by atoms with Crippen molar-refractivity contribution >= 4 is 56.6 Å². The molecular weight excluding hydrogens is 883 g/mol. The highest BCUT2D eigenvalue weighted by atomic mass is 15.2. The second kappa shape index (κ2) is 18.9. The van der Waals surface area contributed by atoms with Gasteiger partial charge in [0.25, 0.3) is 0 Å². The van der Waals surface area contributed by atoms with Crippen molar-refractivity contribution in [2.24, 2.45) is 0 Å². The molecule has 3 heteroatoms. The van der Waals surface area contributed by atoms with Gasteiger partial charge in [0.15, 0.2) is 0 Å². The van der Waals surface area contributed by atoms with Crippen LogP contribution in [0.3, 0.4) is 0 Å². The lowest BCUT2D eigenvalue weighted by Crippen LogP contribution is -2.27. The van der Waals surface area contributed by atoms with E-state index in [0.717, 1.165) is 40.5 Å². The molecule has 0 saturated heterocycles. The number of para-hydroxylation sites is 1. The predicted molar refractivity (Wildman–Crippen MR) is 315 cm³/mol. The Morgan fingerprint density at radius 3 is 1.19 bits per heavy atom. The van der Waals surface area contributed by atoms with Crippen molar-refractivity contribution in [3.05, 3.63) is 240 Å². The van der Waals surface area contributed by atoms with Gasteiger partial charge in [-0.3, -0.25) is 0 Å². The zero-order valence-electron chi connectivity index (χ0n) is 45.3. The predicted octanol–water partition coefficient (Wildman–Crippen LogP) is 19.9. The molecule has 0 radical (unpaired) electrons. The maximum absolute atomic E-state index is 2.56. The summed E-state index contributed by atoms with van der Waals surface area (Å²) < 4.78 is 0. The molecule has 10 rings (SSSR count). The molecule has 8 aromatic carbocycles. The fraction of sp³-hybridized carbons (Fsp3) is 0.257. The van der Waals surface area contributed by atoms with Gasteiger partial charge in [0.1, 0.15) is 0 Å². The lowest BCUT2D eigenvalue weighted by molar-refractivity contribution is 0.590. The number of rotatable bonds is 9. The molecule has 1 atom stereocenters. The van der Waals surface area contributed by atoms with Gasteiger partial charge in [-0.1, -0.05) is 186 Å².